The van der Waals surface area contributed by atoms with Crippen molar-refractivity contribution in [3.63, 3.8) is 0 Å². The summed E-state index contributed by atoms with van der Waals surface area (Å²) in [6, 6.07) is 0. The summed E-state index contributed by atoms with van der Waals surface area (Å²) in [7, 11) is 0. The van der Waals surface area contributed by atoms with E-state index in [1.807, 2.05) is 11.5 Å². The third-order valence-electron chi connectivity index (χ3n) is 1.84. The van der Waals surface area contributed by atoms with Crippen molar-refractivity contribution in [1.82, 2.24) is 24.7 Å². The van der Waals surface area contributed by atoms with Gasteiger partial charge in [0.25, 0.3) is 0 Å². The molecule has 0 bridgehead atoms. The molecule has 0 saturated heterocycles. The fourth-order valence-electron chi connectivity index (χ4n) is 1.15. The molecule has 0 aliphatic carbocycles. The van der Waals surface area contributed by atoms with Crippen LogP contribution in [-0.4, -0.2) is 24.7 Å². The molecule has 5 nitrogen and oxygen atoms in total. The molecule has 14 heavy (non-hydrogen) atoms. The van der Waals surface area contributed by atoms with Crippen molar-refractivity contribution in [1.29, 1.82) is 0 Å². The number of nitrogens with zero attached hydrogens (tertiary/aromatic N) is 5. The van der Waals surface area contributed by atoms with Crippen LogP contribution in [0, 0.1) is 0 Å². The summed E-state index contributed by atoms with van der Waals surface area (Å²) in [5, 5.41) is 7.85. The second kappa shape index (κ2) is 3.83. The molecular formula is C8H8BrN5. The Morgan fingerprint density at radius 1 is 1.50 bits per heavy atom. The highest BCUT2D eigenvalue weighted by Gasteiger charge is 2.10. The van der Waals surface area contributed by atoms with Gasteiger partial charge >= 0.3 is 0 Å². The van der Waals surface area contributed by atoms with Crippen molar-refractivity contribution < 1.29 is 0 Å². The van der Waals surface area contributed by atoms with Gasteiger partial charge in [0.2, 0.25) is 0 Å². The molecule has 2 aromatic heterocycles. The van der Waals surface area contributed by atoms with Gasteiger partial charge in [0.05, 0.1) is 4.47 Å². The lowest BCUT2D eigenvalue weighted by molar-refractivity contribution is 0.763. The van der Waals surface area contributed by atoms with Gasteiger partial charge in [0, 0.05) is 12.7 Å². The van der Waals surface area contributed by atoms with Crippen LogP contribution < -0.4 is 0 Å². The van der Waals surface area contributed by atoms with Gasteiger partial charge < -0.3 is 4.57 Å². The lowest BCUT2D eigenvalue weighted by Crippen LogP contribution is -1.98. The Balaban J connectivity index is 2.54. The number of rotatable bonds is 2. The van der Waals surface area contributed by atoms with Gasteiger partial charge in [-0.2, -0.15) is 0 Å². The van der Waals surface area contributed by atoms with Crippen LogP contribution in [0.1, 0.15) is 6.92 Å². The molecule has 0 aliphatic heterocycles. The van der Waals surface area contributed by atoms with Gasteiger partial charge in [-0.1, -0.05) is 0 Å². The van der Waals surface area contributed by atoms with Gasteiger partial charge in [-0.25, -0.2) is 9.97 Å². The lowest BCUT2D eigenvalue weighted by Gasteiger charge is -2.02. The number of hydrogen-bond acceptors (Lipinski definition) is 4. The molecular weight excluding hydrogens is 246 g/mol. The summed E-state index contributed by atoms with van der Waals surface area (Å²) >= 11 is 3.37. The molecule has 0 fully saturated rings. The van der Waals surface area contributed by atoms with Crippen molar-refractivity contribution >= 4 is 15.9 Å². The summed E-state index contributed by atoms with van der Waals surface area (Å²) in [4.78, 5) is 8.04. The molecule has 2 aromatic rings. The van der Waals surface area contributed by atoms with E-state index in [1.54, 1.807) is 12.5 Å². The van der Waals surface area contributed by atoms with Gasteiger partial charge in [-0.05, 0) is 22.9 Å². The number of hydrogen-bond donors (Lipinski definition) is 0. The smallest absolute Gasteiger partial charge is 0.183 e. The quantitative estimate of drug-likeness (QED) is 0.815. The molecule has 2 rings (SSSR count). The van der Waals surface area contributed by atoms with E-state index in [9.17, 15) is 0 Å². The van der Waals surface area contributed by atoms with E-state index in [0.29, 0.717) is 0 Å². The average molecular weight is 254 g/mol. The maximum absolute atomic E-state index is 4.15. The highest BCUT2D eigenvalue weighted by atomic mass is 79.9. The van der Waals surface area contributed by atoms with E-state index in [4.69, 9.17) is 0 Å². The summed E-state index contributed by atoms with van der Waals surface area (Å²) in [6.07, 6.45) is 4.87. The molecule has 0 atom stereocenters. The fraction of sp³-hybridized carbons (Fsp3) is 0.250. The topological polar surface area (TPSA) is 56.5 Å². The van der Waals surface area contributed by atoms with Gasteiger partial charge in [-0.3, -0.25) is 0 Å². The van der Waals surface area contributed by atoms with Crippen LogP contribution >= 0.6 is 15.9 Å². The van der Waals surface area contributed by atoms with E-state index in [2.05, 4.69) is 36.1 Å². The van der Waals surface area contributed by atoms with E-state index in [-0.39, 0.29) is 0 Å². The van der Waals surface area contributed by atoms with Crippen LogP contribution in [0.4, 0.5) is 0 Å². The number of aromatic nitrogens is 5. The second-order valence-corrected chi connectivity index (χ2v) is 3.51. The Kier molecular flexibility index (Phi) is 2.53. The Morgan fingerprint density at radius 3 is 3.07 bits per heavy atom. The molecule has 0 aromatic carbocycles. The highest BCUT2D eigenvalue weighted by molar-refractivity contribution is 9.10. The third-order valence-corrected chi connectivity index (χ3v) is 2.42. The zero-order valence-corrected chi connectivity index (χ0v) is 9.14. The molecule has 2 heterocycles. The molecule has 6 heteroatoms. The number of halogens is 1. The molecule has 0 N–H and O–H groups in total. The normalized spacial score (nSPS) is 10.4. The Hall–Kier alpha value is -1.30. The van der Waals surface area contributed by atoms with Gasteiger partial charge in [0.1, 0.15) is 18.3 Å². The van der Waals surface area contributed by atoms with Crippen molar-refractivity contribution in [2.24, 2.45) is 0 Å². The van der Waals surface area contributed by atoms with E-state index in [0.717, 1.165) is 22.5 Å². The monoisotopic (exact) mass is 253 g/mol. The van der Waals surface area contributed by atoms with Crippen LogP contribution in [-0.2, 0) is 6.54 Å². The van der Waals surface area contributed by atoms with Gasteiger partial charge in [0.15, 0.2) is 5.82 Å². The SMILES string of the molecule is CCn1cnnc1-c1ncncc1Br. The average Bonchev–Trinajstić information content (AvgIpc) is 2.66. The zero-order chi connectivity index (χ0) is 9.97. The summed E-state index contributed by atoms with van der Waals surface area (Å²) in [6.45, 7) is 2.85. The third kappa shape index (κ3) is 1.52. The molecule has 72 valence electrons. The molecule has 0 aliphatic rings. The minimum absolute atomic E-state index is 0.752. The van der Waals surface area contributed by atoms with Crippen molar-refractivity contribution in [3.05, 3.63) is 23.3 Å². The zero-order valence-electron chi connectivity index (χ0n) is 7.55. The first kappa shape index (κ1) is 9.26. The van der Waals surface area contributed by atoms with E-state index in [1.165, 1.54) is 6.33 Å². The standard InChI is InChI=1S/C8H8BrN5/c1-2-14-5-12-13-8(14)7-6(9)3-10-4-11-7/h3-5H,2H2,1H3. The first-order valence-corrected chi connectivity index (χ1v) is 4.96. The van der Waals surface area contributed by atoms with Crippen molar-refractivity contribution in [2.75, 3.05) is 0 Å². The van der Waals surface area contributed by atoms with Crippen LogP contribution in [0.25, 0.3) is 11.5 Å². The fourth-order valence-corrected chi connectivity index (χ4v) is 1.54. The van der Waals surface area contributed by atoms with Crippen LogP contribution in [0.5, 0.6) is 0 Å². The predicted octanol–water partition coefficient (Wildman–Crippen LogP) is 1.52. The lowest BCUT2D eigenvalue weighted by atomic mass is 10.4. The number of aryl methyl sites for hydroxylation is 1. The first-order valence-electron chi connectivity index (χ1n) is 4.16. The summed E-state index contributed by atoms with van der Waals surface area (Å²) in [5.74, 6) is 0.752. The maximum atomic E-state index is 4.15. The summed E-state index contributed by atoms with van der Waals surface area (Å²) < 4.78 is 2.75. The van der Waals surface area contributed by atoms with Crippen molar-refractivity contribution in [3.8, 4) is 11.5 Å². The Bertz CT molecular complexity index is 439. The van der Waals surface area contributed by atoms with Crippen molar-refractivity contribution in [2.45, 2.75) is 13.5 Å². The molecule has 0 radical (unpaired) electrons. The van der Waals surface area contributed by atoms with Gasteiger partial charge in [-0.15, -0.1) is 10.2 Å². The Labute approximate surface area is 89.4 Å². The summed E-state index contributed by atoms with van der Waals surface area (Å²) in [5.41, 5.74) is 0.763. The predicted molar refractivity (Wildman–Crippen MR) is 54.4 cm³/mol. The van der Waals surface area contributed by atoms with Crippen LogP contribution in [0.2, 0.25) is 0 Å². The highest BCUT2D eigenvalue weighted by Crippen LogP contribution is 2.22. The Morgan fingerprint density at radius 2 is 2.36 bits per heavy atom. The minimum atomic E-state index is 0.752. The maximum Gasteiger partial charge on any atom is 0.183 e. The molecule has 0 spiro atoms. The van der Waals surface area contributed by atoms with E-state index >= 15 is 0 Å². The largest absolute Gasteiger partial charge is 0.313 e. The van der Waals surface area contributed by atoms with Crippen LogP contribution in [0.3, 0.4) is 0 Å². The van der Waals surface area contributed by atoms with E-state index < -0.39 is 0 Å². The molecule has 0 unspecified atom stereocenters. The first-order chi connectivity index (χ1) is 6.83. The molecule has 0 amide bonds. The minimum Gasteiger partial charge on any atom is -0.313 e. The molecule has 0 saturated carbocycles. The van der Waals surface area contributed by atoms with Crippen LogP contribution in [0.15, 0.2) is 23.3 Å². The second-order valence-electron chi connectivity index (χ2n) is 2.66.